The third kappa shape index (κ3) is 3.25. The number of carbonyl (C=O) groups is 1. The topological polar surface area (TPSA) is 98.1 Å². The molecule has 0 aliphatic carbocycles. The number of esters is 1. The highest BCUT2D eigenvalue weighted by Crippen LogP contribution is 2.37. The number of ether oxygens (including phenoxy) is 1. The molecule has 4 rings (SSSR count). The van der Waals surface area contributed by atoms with E-state index in [0.29, 0.717) is 14.8 Å². The first-order chi connectivity index (χ1) is 14.1. The summed E-state index contributed by atoms with van der Waals surface area (Å²) in [5, 5.41) is 17.5. The molecule has 0 unspecified atom stereocenters. The van der Waals surface area contributed by atoms with E-state index in [1.165, 1.54) is 38.6 Å². The molecule has 1 aliphatic rings. The lowest BCUT2D eigenvalue weighted by molar-refractivity contribution is -0.138. The molecule has 0 saturated heterocycles. The Morgan fingerprint density at radius 1 is 1.34 bits per heavy atom. The number of nitrogens with zero attached hydrogens (tertiary/aromatic N) is 2. The van der Waals surface area contributed by atoms with Crippen LogP contribution in [-0.4, -0.2) is 17.1 Å². The van der Waals surface area contributed by atoms with E-state index >= 15 is 0 Å². The van der Waals surface area contributed by atoms with Gasteiger partial charge in [0.2, 0.25) is 0 Å². The smallest absolute Gasteiger partial charge is 0.338 e. The molecule has 3 aromatic heterocycles. The summed E-state index contributed by atoms with van der Waals surface area (Å²) in [5.41, 5.74) is 8.09. The summed E-state index contributed by atoms with van der Waals surface area (Å²) in [7, 11) is 0. The van der Waals surface area contributed by atoms with Gasteiger partial charge in [-0.3, -0.25) is 9.36 Å². The molecule has 0 saturated carbocycles. The van der Waals surface area contributed by atoms with Crippen LogP contribution >= 0.6 is 34.0 Å². The highest BCUT2D eigenvalue weighted by molar-refractivity contribution is 7.08. The average molecular weight is 442 g/mol. The molecular formula is C20H15N3O3S3. The molecule has 0 radical (unpaired) electrons. The van der Waals surface area contributed by atoms with Crippen LogP contribution in [0.5, 0.6) is 0 Å². The second kappa shape index (κ2) is 7.83. The van der Waals surface area contributed by atoms with Gasteiger partial charge in [-0.2, -0.15) is 27.9 Å². The van der Waals surface area contributed by atoms with Crippen molar-refractivity contribution in [3.63, 3.8) is 0 Å². The highest BCUT2D eigenvalue weighted by atomic mass is 32.1. The van der Waals surface area contributed by atoms with Crippen LogP contribution in [-0.2, 0) is 9.53 Å². The Hall–Kier alpha value is -2.93. The summed E-state index contributed by atoms with van der Waals surface area (Å²) in [5.74, 6) is -1.28. The number of thiazole rings is 1. The second-order valence-corrected chi connectivity index (χ2v) is 8.74. The quantitative estimate of drug-likeness (QED) is 0.625. The first kappa shape index (κ1) is 19.4. The molecule has 0 aromatic carbocycles. The first-order valence-electron chi connectivity index (χ1n) is 8.66. The number of aromatic nitrogens is 1. The minimum Gasteiger partial charge on any atom is -0.463 e. The maximum Gasteiger partial charge on any atom is 0.338 e. The first-order valence-corrected chi connectivity index (χ1v) is 11.4. The fourth-order valence-corrected chi connectivity index (χ4v) is 5.67. The van der Waals surface area contributed by atoms with Crippen LogP contribution in [0.3, 0.4) is 0 Å². The van der Waals surface area contributed by atoms with Crippen molar-refractivity contribution in [3.8, 4) is 6.07 Å². The van der Waals surface area contributed by atoms with Gasteiger partial charge in [-0.05, 0) is 57.8 Å². The maximum absolute atomic E-state index is 13.1. The SMILES string of the molecule is CCOC(=O)C1=C(N)n2c(s/c(=C\c3ccsc3)c2=O)=C(C#N)[C@H]1c1ccsc1. The van der Waals surface area contributed by atoms with Gasteiger partial charge in [0, 0.05) is 0 Å². The van der Waals surface area contributed by atoms with Crippen molar-refractivity contribution >= 4 is 57.4 Å². The molecule has 29 heavy (non-hydrogen) atoms. The molecule has 9 heteroatoms. The Labute approximate surface area is 177 Å². The Kier molecular flexibility index (Phi) is 5.24. The number of nitrogens with two attached hydrogens (primary N) is 1. The van der Waals surface area contributed by atoms with Crippen molar-refractivity contribution < 1.29 is 9.53 Å². The van der Waals surface area contributed by atoms with Crippen molar-refractivity contribution in [2.24, 2.45) is 5.73 Å². The normalized spacial score (nSPS) is 16.6. The van der Waals surface area contributed by atoms with E-state index in [2.05, 4.69) is 6.07 Å². The van der Waals surface area contributed by atoms with Crippen molar-refractivity contribution in [1.29, 1.82) is 5.26 Å². The highest BCUT2D eigenvalue weighted by Gasteiger charge is 2.36. The monoisotopic (exact) mass is 441 g/mol. The molecular weight excluding hydrogens is 426 g/mol. The van der Waals surface area contributed by atoms with Gasteiger partial charge in [0.15, 0.2) is 0 Å². The van der Waals surface area contributed by atoms with Crippen LogP contribution in [0, 0.1) is 11.3 Å². The van der Waals surface area contributed by atoms with Gasteiger partial charge in [0.1, 0.15) is 10.5 Å². The van der Waals surface area contributed by atoms with Gasteiger partial charge < -0.3 is 10.5 Å². The minimum absolute atomic E-state index is 0.0138. The minimum atomic E-state index is -0.669. The van der Waals surface area contributed by atoms with Crippen molar-refractivity contribution in [3.05, 3.63) is 69.9 Å². The molecule has 0 bridgehead atoms. The van der Waals surface area contributed by atoms with E-state index in [1.807, 2.05) is 33.7 Å². The van der Waals surface area contributed by atoms with Crippen molar-refractivity contribution in [2.75, 3.05) is 6.61 Å². The standard InChI is InChI=1S/C20H15N3O3S3/c1-2-26-20(25)16-15(12-4-6-28-10-12)13(8-21)19-23(17(16)22)18(24)14(29-19)7-11-3-5-27-9-11/h3-7,9-10,15H,2,22H2,1H3/b14-7-/t15-/m1/s1. The van der Waals surface area contributed by atoms with E-state index < -0.39 is 11.9 Å². The van der Waals surface area contributed by atoms with Crippen LogP contribution in [0.25, 0.3) is 17.5 Å². The fourth-order valence-electron chi connectivity index (χ4n) is 3.24. The van der Waals surface area contributed by atoms with Crippen LogP contribution in [0.1, 0.15) is 24.0 Å². The average Bonchev–Trinajstić information content (AvgIpc) is 3.45. The maximum atomic E-state index is 13.1. The number of hydrogen-bond acceptors (Lipinski definition) is 8. The number of hydrogen-bond donors (Lipinski definition) is 1. The fraction of sp³-hybridized carbons (Fsp3) is 0.150. The zero-order valence-electron chi connectivity index (χ0n) is 15.2. The van der Waals surface area contributed by atoms with Gasteiger partial charge in [0.05, 0.1) is 34.3 Å². The largest absolute Gasteiger partial charge is 0.463 e. The summed E-state index contributed by atoms with van der Waals surface area (Å²) in [4.78, 5) is 25.9. The van der Waals surface area contributed by atoms with Crippen LogP contribution in [0.15, 0.2) is 44.0 Å². The van der Waals surface area contributed by atoms with Gasteiger partial charge in [-0.25, -0.2) is 4.79 Å². The predicted octanol–water partition coefficient (Wildman–Crippen LogP) is 2.02. The summed E-state index contributed by atoms with van der Waals surface area (Å²) in [6, 6.07) is 5.96. The zero-order chi connectivity index (χ0) is 20.5. The lowest BCUT2D eigenvalue weighted by Gasteiger charge is -2.24. The summed E-state index contributed by atoms with van der Waals surface area (Å²) in [6.07, 6.45) is 1.76. The van der Waals surface area contributed by atoms with Gasteiger partial charge in [0.25, 0.3) is 5.56 Å². The molecule has 1 atom stereocenters. The number of nitriles is 1. The Bertz CT molecular complexity index is 1320. The molecule has 6 nitrogen and oxygen atoms in total. The molecule has 146 valence electrons. The third-order valence-electron chi connectivity index (χ3n) is 4.48. The molecule has 0 amide bonds. The number of rotatable bonds is 4. The van der Waals surface area contributed by atoms with E-state index in [4.69, 9.17) is 10.5 Å². The Morgan fingerprint density at radius 3 is 2.72 bits per heavy atom. The van der Waals surface area contributed by atoms with Crippen molar-refractivity contribution in [2.45, 2.75) is 12.8 Å². The van der Waals surface area contributed by atoms with Gasteiger partial charge in [-0.1, -0.05) is 0 Å². The molecule has 4 heterocycles. The van der Waals surface area contributed by atoms with E-state index in [-0.39, 0.29) is 23.6 Å². The van der Waals surface area contributed by atoms with E-state index in [1.54, 1.807) is 13.0 Å². The lowest BCUT2D eigenvalue weighted by Crippen LogP contribution is -2.40. The van der Waals surface area contributed by atoms with Crippen LogP contribution in [0.2, 0.25) is 0 Å². The van der Waals surface area contributed by atoms with Gasteiger partial charge in [-0.15, -0.1) is 11.3 Å². The van der Waals surface area contributed by atoms with Crippen LogP contribution < -0.4 is 20.5 Å². The lowest BCUT2D eigenvalue weighted by atomic mass is 9.85. The Morgan fingerprint density at radius 2 is 2.10 bits per heavy atom. The molecule has 2 N–H and O–H groups in total. The number of fused-ring (bicyclic) bond motifs is 1. The second-order valence-electron chi connectivity index (χ2n) is 6.15. The zero-order valence-corrected chi connectivity index (χ0v) is 17.7. The summed E-state index contributed by atoms with van der Waals surface area (Å²) in [6.45, 7) is 1.86. The summed E-state index contributed by atoms with van der Waals surface area (Å²) < 4.78 is 7.36. The van der Waals surface area contributed by atoms with Crippen LogP contribution in [0.4, 0.5) is 0 Å². The molecule has 1 aliphatic heterocycles. The molecule has 0 spiro atoms. The van der Waals surface area contributed by atoms with Crippen molar-refractivity contribution in [1.82, 2.24) is 4.57 Å². The predicted molar refractivity (Wildman–Crippen MR) is 116 cm³/mol. The summed E-state index contributed by atoms with van der Waals surface area (Å²) >= 11 is 4.19. The Balaban J connectivity index is 2.08. The third-order valence-corrected chi connectivity index (χ3v) is 6.99. The number of thiophene rings is 2. The van der Waals surface area contributed by atoms with Gasteiger partial charge >= 0.3 is 5.97 Å². The molecule has 0 fully saturated rings. The molecule has 3 aromatic rings. The number of carbonyl (C=O) groups excluding carboxylic acids is 1. The van der Waals surface area contributed by atoms with E-state index in [0.717, 1.165) is 11.1 Å². The van der Waals surface area contributed by atoms with E-state index in [9.17, 15) is 14.9 Å².